The summed E-state index contributed by atoms with van der Waals surface area (Å²) in [5, 5.41) is 3.01. The van der Waals surface area contributed by atoms with Crippen LogP contribution in [0, 0.1) is 11.8 Å². The van der Waals surface area contributed by atoms with Crippen molar-refractivity contribution in [3.8, 4) is 0 Å². The van der Waals surface area contributed by atoms with Crippen LogP contribution >= 0.6 is 12.4 Å². The van der Waals surface area contributed by atoms with Gasteiger partial charge in [-0.3, -0.25) is 9.59 Å². The van der Waals surface area contributed by atoms with Crippen LogP contribution < -0.4 is 11.1 Å². The van der Waals surface area contributed by atoms with Gasteiger partial charge in [0, 0.05) is 32.0 Å². The van der Waals surface area contributed by atoms with Crippen molar-refractivity contribution in [3.05, 3.63) is 0 Å². The Balaban J connectivity index is 0.00000289. The van der Waals surface area contributed by atoms with E-state index in [9.17, 15) is 9.59 Å². The topological polar surface area (TPSA) is 75.4 Å². The minimum atomic E-state index is -0.271. The van der Waals surface area contributed by atoms with Crippen LogP contribution in [0.1, 0.15) is 26.2 Å². The predicted octanol–water partition coefficient (Wildman–Crippen LogP) is 0.378. The summed E-state index contributed by atoms with van der Waals surface area (Å²) in [6.45, 7) is 4.10. The summed E-state index contributed by atoms with van der Waals surface area (Å²) in [5.74, 6) is 0.139. The molecule has 0 saturated carbocycles. The summed E-state index contributed by atoms with van der Waals surface area (Å²) in [7, 11) is 1.84. The molecule has 0 aromatic rings. The van der Waals surface area contributed by atoms with Gasteiger partial charge in [0.1, 0.15) is 0 Å². The molecule has 0 aliphatic carbocycles. The maximum absolute atomic E-state index is 12.1. The number of halogens is 1. The molecular weight excluding hydrogens is 254 g/mol. The van der Waals surface area contributed by atoms with Crippen molar-refractivity contribution in [3.63, 3.8) is 0 Å². The molecule has 0 aromatic heterocycles. The van der Waals surface area contributed by atoms with Gasteiger partial charge in [0.05, 0.1) is 0 Å². The first kappa shape index (κ1) is 17.2. The Morgan fingerprint density at radius 1 is 1.50 bits per heavy atom. The average molecular weight is 278 g/mol. The predicted molar refractivity (Wildman–Crippen MR) is 73.5 cm³/mol. The van der Waals surface area contributed by atoms with Gasteiger partial charge in [-0.15, -0.1) is 12.4 Å². The van der Waals surface area contributed by atoms with E-state index in [-0.39, 0.29) is 36.1 Å². The van der Waals surface area contributed by atoms with Crippen LogP contribution in [0.25, 0.3) is 0 Å². The van der Waals surface area contributed by atoms with E-state index in [1.807, 2.05) is 18.9 Å². The fourth-order valence-corrected chi connectivity index (χ4v) is 2.42. The van der Waals surface area contributed by atoms with E-state index >= 15 is 0 Å². The standard InChI is InChI=1S/C12H23N3O2.ClH/c1-9(7-14-2)12(17)15-5-3-4-10(8-15)6-11(13)16;/h9-10,14H,3-8H2,1-2H3,(H2,13,16);1H. The summed E-state index contributed by atoms with van der Waals surface area (Å²) >= 11 is 0. The second kappa shape index (κ2) is 8.32. The number of likely N-dealkylation sites (tertiary alicyclic amines) is 1. The number of nitrogens with zero attached hydrogens (tertiary/aromatic N) is 1. The van der Waals surface area contributed by atoms with Gasteiger partial charge in [-0.05, 0) is 25.8 Å². The van der Waals surface area contributed by atoms with Gasteiger partial charge in [0.25, 0.3) is 0 Å². The van der Waals surface area contributed by atoms with Crippen LogP contribution in [0.15, 0.2) is 0 Å². The molecule has 18 heavy (non-hydrogen) atoms. The number of amides is 2. The van der Waals surface area contributed by atoms with Crippen LogP contribution in [-0.2, 0) is 9.59 Å². The third kappa shape index (κ3) is 5.23. The van der Waals surface area contributed by atoms with Crippen molar-refractivity contribution in [2.45, 2.75) is 26.2 Å². The van der Waals surface area contributed by atoms with Crippen molar-refractivity contribution in [2.75, 3.05) is 26.7 Å². The molecule has 0 radical (unpaired) electrons. The molecule has 2 unspecified atom stereocenters. The van der Waals surface area contributed by atoms with Gasteiger partial charge in [0.15, 0.2) is 0 Å². The zero-order valence-electron chi connectivity index (χ0n) is 11.1. The first-order valence-electron chi connectivity index (χ1n) is 6.26. The summed E-state index contributed by atoms with van der Waals surface area (Å²) in [6, 6.07) is 0. The lowest BCUT2D eigenvalue weighted by Gasteiger charge is -2.34. The molecule has 5 nitrogen and oxygen atoms in total. The van der Waals surface area contributed by atoms with Crippen LogP contribution in [0.4, 0.5) is 0 Å². The van der Waals surface area contributed by atoms with Crippen molar-refractivity contribution in [1.29, 1.82) is 0 Å². The first-order chi connectivity index (χ1) is 8.04. The maximum atomic E-state index is 12.1. The highest BCUT2D eigenvalue weighted by atomic mass is 35.5. The molecule has 2 atom stereocenters. The summed E-state index contributed by atoms with van der Waals surface area (Å²) < 4.78 is 0. The van der Waals surface area contributed by atoms with E-state index in [1.54, 1.807) is 0 Å². The molecular formula is C12H24ClN3O2. The van der Waals surface area contributed by atoms with E-state index in [1.165, 1.54) is 0 Å². The highest BCUT2D eigenvalue weighted by molar-refractivity contribution is 5.85. The molecule has 1 aliphatic rings. The molecule has 6 heteroatoms. The average Bonchev–Trinajstić information content (AvgIpc) is 2.28. The smallest absolute Gasteiger partial charge is 0.226 e. The van der Waals surface area contributed by atoms with Crippen LogP contribution in [0.5, 0.6) is 0 Å². The minimum Gasteiger partial charge on any atom is -0.370 e. The largest absolute Gasteiger partial charge is 0.370 e. The Hall–Kier alpha value is -0.810. The van der Waals surface area contributed by atoms with Gasteiger partial charge < -0.3 is 16.0 Å². The van der Waals surface area contributed by atoms with Crippen LogP contribution in [-0.4, -0.2) is 43.4 Å². The second-order valence-corrected chi connectivity index (χ2v) is 4.92. The van der Waals surface area contributed by atoms with E-state index in [0.29, 0.717) is 19.5 Å². The highest BCUT2D eigenvalue weighted by Gasteiger charge is 2.27. The number of hydrogen-bond acceptors (Lipinski definition) is 3. The molecule has 3 N–H and O–H groups in total. The fourth-order valence-electron chi connectivity index (χ4n) is 2.42. The molecule has 0 bridgehead atoms. The Morgan fingerprint density at radius 2 is 2.17 bits per heavy atom. The van der Waals surface area contributed by atoms with Crippen molar-refractivity contribution >= 4 is 24.2 Å². The zero-order chi connectivity index (χ0) is 12.8. The molecule has 0 spiro atoms. The van der Waals surface area contributed by atoms with Crippen molar-refractivity contribution in [2.24, 2.45) is 17.6 Å². The van der Waals surface area contributed by atoms with Gasteiger partial charge in [-0.25, -0.2) is 0 Å². The Labute approximate surface area is 115 Å². The quantitative estimate of drug-likeness (QED) is 0.763. The molecule has 1 rings (SSSR count). The molecule has 1 heterocycles. The normalized spacial score (nSPS) is 21.0. The summed E-state index contributed by atoms with van der Waals surface area (Å²) in [4.78, 5) is 24.9. The summed E-state index contributed by atoms with van der Waals surface area (Å²) in [5.41, 5.74) is 5.20. The molecule has 0 aromatic carbocycles. The molecule has 2 amide bonds. The lowest BCUT2D eigenvalue weighted by Crippen LogP contribution is -2.44. The second-order valence-electron chi connectivity index (χ2n) is 4.92. The molecule has 106 valence electrons. The zero-order valence-corrected chi connectivity index (χ0v) is 12.0. The third-order valence-electron chi connectivity index (χ3n) is 3.25. The molecule has 1 aliphatic heterocycles. The lowest BCUT2D eigenvalue weighted by molar-refractivity contribution is -0.137. The number of nitrogens with two attached hydrogens (primary N) is 1. The molecule has 1 fully saturated rings. The Morgan fingerprint density at radius 3 is 2.72 bits per heavy atom. The van der Waals surface area contributed by atoms with E-state index in [4.69, 9.17) is 5.73 Å². The fraction of sp³-hybridized carbons (Fsp3) is 0.833. The number of hydrogen-bond donors (Lipinski definition) is 2. The number of primary amides is 1. The SMILES string of the molecule is CNCC(C)C(=O)N1CCCC(CC(N)=O)C1.Cl. The highest BCUT2D eigenvalue weighted by Crippen LogP contribution is 2.20. The minimum absolute atomic E-state index is 0. The Kier molecular flexibility index (Phi) is 7.95. The van der Waals surface area contributed by atoms with E-state index < -0.39 is 0 Å². The monoisotopic (exact) mass is 277 g/mol. The van der Waals surface area contributed by atoms with Gasteiger partial charge >= 0.3 is 0 Å². The van der Waals surface area contributed by atoms with Gasteiger partial charge in [-0.1, -0.05) is 6.92 Å². The van der Waals surface area contributed by atoms with Crippen molar-refractivity contribution < 1.29 is 9.59 Å². The van der Waals surface area contributed by atoms with Crippen molar-refractivity contribution in [1.82, 2.24) is 10.2 Å². The summed E-state index contributed by atoms with van der Waals surface area (Å²) in [6.07, 6.45) is 2.35. The third-order valence-corrected chi connectivity index (χ3v) is 3.25. The van der Waals surface area contributed by atoms with E-state index in [2.05, 4.69) is 5.32 Å². The Bertz CT molecular complexity index is 286. The number of piperidine rings is 1. The van der Waals surface area contributed by atoms with Crippen LogP contribution in [0.2, 0.25) is 0 Å². The lowest BCUT2D eigenvalue weighted by atomic mass is 9.93. The number of nitrogens with one attached hydrogen (secondary N) is 1. The maximum Gasteiger partial charge on any atom is 0.226 e. The number of carbonyl (C=O) groups is 2. The van der Waals surface area contributed by atoms with E-state index in [0.717, 1.165) is 19.4 Å². The molecule has 1 saturated heterocycles. The van der Waals surface area contributed by atoms with Crippen LogP contribution in [0.3, 0.4) is 0 Å². The number of rotatable bonds is 5. The van der Waals surface area contributed by atoms with Gasteiger partial charge in [0.2, 0.25) is 11.8 Å². The first-order valence-corrected chi connectivity index (χ1v) is 6.26. The van der Waals surface area contributed by atoms with Gasteiger partial charge in [-0.2, -0.15) is 0 Å². The number of carbonyl (C=O) groups excluding carboxylic acids is 2.